The van der Waals surface area contributed by atoms with Gasteiger partial charge in [0.25, 0.3) is 0 Å². The number of hydrogen-bond acceptors (Lipinski definition) is 3. The first-order chi connectivity index (χ1) is 8.84. The fraction of sp³-hybridized carbons (Fsp3) is 0.571. The van der Waals surface area contributed by atoms with E-state index in [0.717, 1.165) is 6.42 Å². The Bertz CT molecular complexity index is 481. The average Bonchev–Trinajstić information content (AvgIpc) is 2.66. The minimum Gasteiger partial charge on any atom is -0.481 e. The summed E-state index contributed by atoms with van der Waals surface area (Å²) in [6.45, 7) is 5.61. The second-order valence-corrected chi connectivity index (χ2v) is 6.64. The van der Waals surface area contributed by atoms with Crippen molar-refractivity contribution in [1.29, 1.82) is 0 Å². The van der Waals surface area contributed by atoms with Crippen LogP contribution in [0.15, 0.2) is 16.8 Å². The molecule has 1 saturated carbocycles. The van der Waals surface area contributed by atoms with E-state index in [1.54, 1.807) is 11.3 Å². The Hall–Kier alpha value is -1.36. The van der Waals surface area contributed by atoms with Crippen molar-refractivity contribution in [3.63, 3.8) is 0 Å². The molecule has 1 fully saturated rings. The molecular weight excluding hydrogens is 262 g/mol. The highest BCUT2D eigenvalue weighted by atomic mass is 32.1. The van der Waals surface area contributed by atoms with E-state index in [0.29, 0.717) is 0 Å². The first kappa shape index (κ1) is 14.1. The highest BCUT2D eigenvalue weighted by Gasteiger charge is 2.65. The summed E-state index contributed by atoms with van der Waals surface area (Å²) in [4.78, 5) is 23.2. The highest BCUT2D eigenvalue weighted by Crippen LogP contribution is 2.58. The standard InChI is InChI=1S/C14H19NO3S/c1-8(6-9-4-5-19-7-9)15-12(16)10-11(13(17)18)14(10,2)3/h4-5,7-8,10-11H,6H2,1-3H3,(H,15,16)(H,17,18)/t8?,10-,11+/m1/s1. The molecule has 1 amide bonds. The molecule has 1 unspecified atom stereocenters. The predicted molar refractivity (Wildman–Crippen MR) is 74.0 cm³/mol. The molecule has 0 spiro atoms. The Kier molecular flexibility index (Phi) is 3.67. The van der Waals surface area contributed by atoms with Gasteiger partial charge in [-0.15, -0.1) is 0 Å². The van der Waals surface area contributed by atoms with Gasteiger partial charge in [-0.25, -0.2) is 0 Å². The van der Waals surface area contributed by atoms with E-state index >= 15 is 0 Å². The fourth-order valence-electron chi connectivity index (χ4n) is 2.73. The van der Waals surface area contributed by atoms with Gasteiger partial charge < -0.3 is 10.4 Å². The van der Waals surface area contributed by atoms with Gasteiger partial charge >= 0.3 is 5.97 Å². The summed E-state index contributed by atoms with van der Waals surface area (Å²) in [6, 6.07) is 2.06. The van der Waals surface area contributed by atoms with Gasteiger partial charge in [-0.1, -0.05) is 13.8 Å². The summed E-state index contributed by atoms with van der Waals surface area (Å²) in [5, 5.41) is 16.1. The van der Waals surface area contributed by atoms with Crippen LogP contribution in [0.5, 0.6) is 0 Å². The largest absolute Gasteiger partial charge is 0.481 e. The van der Waals surface area contributed by atoms with E-state index in [-0.39, 0.29) is 11.9 Å². The number of carboxylic acid groups (broad SMARTS) is 1. The van der Waals surface area contributed by atoms with Crippen LogP contribution in [0.3, 0.4) is 0 Å². The van der Waals surface area contributed by atoms with Crippen molar-refractivity contribution in [2.24, 2.45) is 17.3 Å². The molecule has 1 aromatic rings. The van der Waals surface area contributed by atoms with E-state index in [1.807, 2.05) is 32.2 Å². The molecule has 1 heterocycles. The maximum Gasteiger partial charge on any atom is 0.307 e. The lowest BCUT2D eigenvalue weighted by atomic mass is 10.1. The summed E-state index contributed by atoms with van der Waals surface area (Å²) in [6.07, 6.45) is 0.778. The molecule has 3 atom stereocenters. The molecule has 4 nitrogen and oxygen atoms in total. The summed E-state index contributed by atoms with van der Waals surface area (Å²) >= 11 is 1.63. The van der Waals surface area contributed by atoms with Crippen LogP contribution in [0, 0.1) is 17.3 Å². The van der Waals surface area contributed by atoms with Crippen LogP contribution in [-0.4, -0.2) is 23.0 Å². The van der Waals surface area contributed by atoms with Crippen LogP contribution < -0.4 is 5.32 Å². The molecule has 2 N–H and O–H groups in total. The van der Waals surface area contributed by atoms with Gasteiger partial charge in [0.15, 0.2) is 0 Å². The molecule has 0 radical (unpaired) electrons. The molecule has 104 valence electrons. The quantitative estimate of drug-likeness (QED) is 0.869. The van der Waals surface area contributed by atoms with Gasteiger partial charge in [0.1, 0.15) is 0 Å². The number of carbonyl (C=O) groups is 2. The number of carbonyl (C=O) groups excluding carboxylic acids is 1. The molecule has 19 heavy (non-hydrogen) atoms. The van der Waals surface area contributed by atoms with Crippen LogP contribution in [-0.2, 0) is 16.0 Å². The van der Waals surface area contributed by atoms with E-state index < -0.39 is 23.2 Å². The number of carboxylic acids is 1. The molecule has 2 rings (SSSR count). The van der Waals surface area contributed by atoms with Gasteiger partial charge in [-0.2, -0.15) is 11.3 Å². The van der Waals surface area contributed by atoms with Gasteiger partial charge in [0.05, 0.1) is 11.8 Å². The molecule has 5 heteroatoms. The summed E-state index contributed by atoms with van der Waals surface area (Å²) < 4.78 is 0. The summed E-state index contributed by atoms with van der Waals surface area (Å²) in [7, 11) is 0. The van der Waals surface area contributed by atoms with Crippen LogP contribution in [0.25, 0.3) is 0 Å². The monoisotopic (exact) mass is 281 g/mol. The normalized spacial score (nSPS) is 25.6. The van der Waals surface area contributed by atoms with E-state index in [1.165, 1.54) is 5.56 Å². The molecule has 1 aliphatic carbocycles. The lowest BCUT2D eigenvalue weighted by molar-refractivity contribution is -0.140. The minimum absolute atomic E-state index is 0.0212. The fourth-order valence-corrected chi connectivity index (χ4v) is 3.42. The molecule has 1 aliphatic rings. The maximum absolute atomic E-state index is 12.1. The van der Waals surface area contributed by atoms with Gasteiger partial charge in [0.2, 0.25) is 5.91 Å². The number of rotatable bonds is 5. The third-order valence-corrected chi connectivity index (χ3v) is 4.62. The van der Waals surface area contributed by atoms with E-state index in [9.17, 15) is 9.59 Å². The minimum atomic E-state index is -0.879. The molecular formula is C14H19NO3S. The number of thiophene rings is 1. The van der Waals surface area contributed by atoms with Crippen LogP contribution >= 0.6 is 11.3 Å². The maximum atomic E-state index is 12.1. The van der Waals surface area contributed by atoms with Crippen molar-refractivity contribution in [2.45, 2.75) is 33.2 Å². The van der Waals surface area contributed by atoms with Crippen molar-refractivity contribution < 1.29 is 14.7 Å². The van der Waals surface area contributed by atoms with Crippen molar-refractivity contribution in [2.75, 3.05) is 0 Å². The molecule has 0 aliphatic heterocycles. The van der Waals surface area contributed by atoms with Crippen LogP contribution in [0.1, 0.15) is 26.3 Å². The van der Waals surface area contributed by atoms with Gasteiger partial charge in [0, 0.05) is 6.04 Å². The Balaban J connectivity index is 1.90. The van der Waals surface area contributed by atoms with E-state index in [4.69, 9.17) is 5.11 Å². The Morgan fingerprint density at radius 2 is 2.16 bits per heavy atom. The first-order valence-corrected chi connectivity index (χ1v) is 7.32. The van der Waals surface area contributed by atoms with Crippen molar-refractivity contribution in [3.05, 3.63) is 22.4 Å². The third kappa shape index (κ3) is 2.81. The first-order valence-electron chi connectivity index (χ1n) is 6.38. The van der Waals surface area contributed by atoms with Crippen molar-refractivity contribution in [1.82, 2.24) is 5.32 Å². The number of amides is 1. The van der Waals surface area contributed by atoms with Gasteiger partial charge in [-0.05, 0) is 41.1 Å². The smallest absolute Gasteiger partial charge is 0.307 e. The van der Waals surface area contributed by atoms with Crippen LogP contribution in [0.4, 0.5) is 0 Å². The van der Waals surface area contributed by atoms with Crippen LogP contribution in [0.2, 0.25) is 0 Å². The summed E-state index contributed by atoms with van der Waals surface area (Å²) in [5.41, 5.74) is 0.764. The van der Waals surface area contributed by atoms with Gasteiger partial charge in [-0.3, -0.25) is 9.59 Å². The third-order valence-electron chi connectivity index (χ3n) is 3.89. The SMILES string of the molecule is CC(Cc1ccsc1)NC(=O)[C@H]1[C@@H](C(=O)O)C1(C)C. The molecule has 0 bridgehead atoms. The Morgan fingerprint density at radius 1 is 1.47 bits per heavy atom. The second-order valence-electron chi connectivity index (χ2n) is 5.86. The average molecular weight is 281 g/mol. The zero-order chi connectivity index (χ0) is 14.2. The topological polar surface area (TPSA) is 66.4 Å². The zero-order valence-electron chi connectivity index (χ0n) is 11.3. The highest BCUT2D eigenvalue weighted by molar-refractivity contribution is 7.07. The summed E-state index contributed by atoms with van der Waals surface area (Å²) in [5.74, 6) is -1.98. The van der Waals surface area contributed by atoms with Crippen molar-refractivity contribution >= 4 is 23.2 Å². The number of nitrogens with one attached hydrogen (secondary N) is 1. The van der Waals surface area contributed by atoms with E-state index in [2.05, 4.69) is 10.7 Å². The predicted octanol–water partition coefficient (Wildman–Crippen LogP) is 2.15. The molecule has 0 aromatic carbocycles. The number of aliphatic carboxylic acids is 1. The lowest BCUT2D eigenvalue weighted by Gasteiger charge is -2.13. The lowest BCUT2D eigenvalue weighted by Crippen LogP contribution is -2.36. The Labute approximate surface area is 116 Å². The zero-order valence-corrected chi connectivity index (χ0v) is 12.2. The number of hydrogen-bond donors (Lipinski definition) is 2. The Morgan fingerprint density at radius 3 is 2.63 bits per heavy atom. The van der Waals surface area contributed by atoms with Crippen molar-refractivity contribution in [3.8, 4) is 0 Å². The second kappa shape index (κ2) is 4.96. The molecule has 0 saturated heterocycles. The molecule has 1 aromatic heterocycles.